The first kappa shape index (κ1) is 28.5. The van der Waals surface area contributed by atoms with Gasteiger partial charge in [0.05, 0.1) is 16.7 Å². The van der Waals surface area contributed by atoms with Gasteiger partial charge in [-0.2, -0.15) is 4.31 Å². The Balaban J connectivity index is 1.20. The van der Waals surface area contributed by atoms with Crippen molar-refractivity contribution < 1.29 is 27.5 Å². The molecule has 5 rings (SSSR count). The number of nitrogens with zero attached hydrogens (tertiary/aromatic N) is 6. The average molecular weight is 597 g/mol. The molecular weight excluding hydrogens is 568 g/mol. The lowest BCUT2D eigenvalue weighted by atomic mass is 10.1. The van der Waals surface area contributed by atoms with Crippen LogP contribution in [-0.4, -0.2) is 69.3 Å². The molecule has 0 spiro atoms. The van der Waals surface area contributed by atoms with Crippen LogP contribution in [0.15, 0.2) is 47.9 Å². The molecular formula is C27H28N6O6S2. The van der Waals surface area contributed by atoms with E-state index in [9.17, 15) is 18.0 Å². The SMILES string of the molecule is CCc1cnc(N2CCC(Oc3ncnc(Oc4ccc(/C=C5/SC(=O)N(S(C)(=O)=O)C5=O)cc4)c3C)CC2)nc1. The molecule has 0 saturated carbocycles. The minimum atomic E-state index is -3.98. The van der Waals surface area contributed by atoms with Gasteiger partial charge in [0.15, 0.2) is 0 Å². The van der Waals surface area contributed by atoms with Gasteiger partial charge < -0.3 is 14.4 Å². The maximum atomic E-state index is 12.4. The average Bonchev–Trinajstić information content (AvgIpc) is 3.25. The van der Waals surface area contributed by atoms with Gasteiger partial charge in [-0.25, -0.2) is 28.4 Å². The van der Waals surface area contributed by atoms with Gasteiger partial charge in [0.25, 0.3) is 5.91 Å². The monoisotopic (exact) mass is 596 g/mol. The van der Waals surface area contributed by atoms with Crippen LogP contribution in [0.5, 0.6) is 17.5 Å². The van der Waals surface area contributed by atoms with E-state index in [4.69, 9.17) is 9.47 Å². The highest BCUT2D eigenvalue weighted by Crippen LogP contribution is 2.34. The minimum Gasteiger partial charge on any atom is -0.474 e. The number of rotatable bonds is 8. The summed E-state index contributed by atoms with van der Waals surface area (Å²) in [4.78, 5) is 44.0. The predicted molar refractivity (Wildman–Crippen MR) is 153 cm³/mol. The number of ether oxygens (including phenoxy) is 2. The van der Waals surface area contributed by atoms with E-state index in [1.165, 1.54) is 12.4 Å². The van der Waals surface area contributed by atoms with Gasteiger partial charge in [0.1, 0.15) is 18.2 Å². The lowest BCUT2D eigenvalue weighted by Crippen LogP contribution is -2.39. The van der Waals surface area contributed by atoms with Crippen LogP contribution in [0.4, 0.5) is 10.7 Å². The van der Waals surface area contributed by atoms with Crippen molar-refractivity contribution in [1.29, 1.82) is 0 Å². The van der Waals surface area contributed by atoms with E-state index < -0.39 is 21.2 Å². The Labute approximate surface area is 241 Å². The number of anilines is 1. The zero-order valence-electron chi connectivity index (χ0n) is 22.7. The number of thioether (sulfide) groups is 1. The number of imide groups is 1. The van der Waals surface area contributed by atoms with Crippen LogP contribution in [0.25, 0.3) is 6.08 Å². The number of aryl methyl sites for hydroxylation is 1. The van der Waals surface area contributed by atoms with Crippen molar-refractivity contribution in [1.82, 2.24) is 24.2 Å². The van der Waals surface area contributed by atoms with E-state index in [1.807, 2.05) is 19.3 Å². The molecule has 214 valence electrons. The minimum absolute atomic E-state index is 0.0170. The fourth-order valence-corrected chi connectivity index (χ4v) is 6.27. The summed E-state index contributed by atoms with van der Waals surface area (Å²) in [6.07, 6.45) is 9.88. The zero-order chi connectivity index (χ0) is 29.1. The first-order valence-corrected chi connectivity index (χ1v) is 15.6. The fraction of sp³-hybridized carbons (Fsp3) is 0.333. The molecule has 2 aliphatic rings. The van der Waals surface area contributed by atoms with E-state index in [-0.39, 0.29) is 15.3 Å². The number of piperidine rings is 1. The normalized spacial score (nSPS) is 17.4. The molecule has 1 aromatic carbocycles. The van der Waals surface area contributed by atoms with Crippen molar-refractivity contribution in [2.24, 2.45) is 0 Å². The van der Waals surface area contributed by atoms with Crippen LogP contribution >= 0.6 is 11.8 Å². The molecule has 4 heterocycles. The first-order chi connectivity index (χ1) is 19.6. The Kier molecular flexibility index (Phi) is 8.22. The molecule has 3 aromatic rings. The Morgan fingerprint density at radius 1 is 1.02 bits per heavy atom. The number of carbonyl (C=O) groups excluding carboxylic acids is 2. The van der Waals surface area contributed by atoms with Crippen molar-refractivity contribution in [2.45, 2.75) is 39.2 Å². The van der Waals surface area contributed by atoms with E-state index in [0.29, 0.717) is 40.4 Å². The second kappa shape index (κ2) is 11.8. The molecule has 12 nitrogen and oxygen atoms in total. The van der Waals surface area contributed by atoms with Crippen molar-refractivity contribution >= 4 is 45.0 Å². The quantitative estimate of drug-likeness (QED) is 0.347. The fourth-order valence-electron chi connectivity index (χ4n) is 4.30. The van der Waals surface area contributed by atoms with Gasteiger partial charge in [-0.05, 0) is 54.4 Å². The summed E-state index contributed by atoms with van der Waals surface area (Å²) in [7, 11) is -3.98. The molecule has 0 bridgehead atoms. The highest BCUT2D eigenvalue weighted by Gasteiger charge is 2.41. The molecule has 0 atom stereocenters. The van der Waals surface area contributed by atoms with Crippen LogP contribution in [0.3, 0.4) is 0 Å². The number of benzene rings is 1. The zero-order valence-corrected chi connectivity index (χ0v) is 24.3. The van der Waals surface area contributed by atoms with Gasteiger partial charge in [0, 0.05) is 38.3 Å². The van der Waals surface area contributed by atoms with E-state index in [0.717, 1.165) is 50.1 Å². The van der Waals surface area contributed by atoms with Crippen LogP contribution < -0.4 is 14.4 Å². The molecule has 2 amide bonds. The topological polar surface area (TPSA) is 145 Å². The van der Waals surface area contributed by atoms with Gasteiger partial charge >= 0.3 is 5.24 Å². The molecule has 2 saturated heterocycles. The van der Waals surface area contributed by atoms with Gasteiger partial charge in [0.2, 0.25) is 27.7 Å². The van der Waals surface area contributed by atoms with Gasteiger partial charge in [-0.1, -0.05) is 19.1 Å². The summed E-state index contributed by atoms with van der Waals surface area (Å²) in [5.74, 6) is 1.15. The summed E-state index contributed by atoms with van der Waals surface area (Å²) in [5, 5.41) is -0.845. The lowest BCUT2D eigenvalue weighted by molar-refractivity contribution is -0.119. The third kappa shape index (κ3) is 6.49. The Morgan fingerprint density at radius 3 is 2.29 bits per heavy atom. The van der Waals surface area contributed by atoms with Crippen LogP contribution in [0.2, 0.25) is 0 Å². The molecule has 0 aliphatic carbocycles. The van der Waals surface area contributed by atoms with Crippen LogP contribution in [-0.2, 0) is 21.2 Å². The Bertz CT molecular complexity index is 1590. The number of hydrogen-bond donors (Lipinski definition) is 0. The van der Waals surface area contributed by atoms with Crippen LogP contribution in [0.1, 0.15) is 36.5 Å². The number of sulfonamides is 1. The number of aromatic nitrogens is 4. The Hall–Kier alpha value is -4.04. The maximum absolute atomic E-state index is 12.4. The predicted octanol–water partition coefficient (Wildman–Crippen LogP) is 3.97. The molecule has 0 unspecified atom stereocenters. The van der Waals surface area contributed by atoms with Crippen LogP contribution in [0, 0.1) is 6.92 Å². The standard InChI is InChI=1S/C27H28N6O6S2/c1-4-18-14-28-26(29-15-18)32-11-9-21(10-12-32)39-24-17(2)23(30-16-31-24)38-20-7-5-19(6-8-20)13-22-25(34)33(27(35)40-22)41(3,36)37/h5-8,13-16,21H,4,9-12H2,1-3H3/b22-13+. The maximum Gasteiger partial charge on any atom is 0.307 e. The summed E-state index contributed by atoms with van der Waals surface area (Å²) < 4.78 is 35.9. The molecule has 2 aliphatic heterocycles. The largest absolute Gasteiger partial charge is 0.474 e. The van der Waals surface area contributed by atoms with Crippen molar-refractivity contribution in [3.8, 4) is 17.5 Å². The molecule has 0 radical (unpaired) electrons. The summed E-state index contributed by atoms with van der Waals surface area (Å²) in [5.41, 5.74) is 2.36. The summed E-state index contributed by atoms with van der Waals surface area (Å²) >= 11 is 0.577. The van der Waals surface area contributed by atoms with E-state index >= 15 is 0 Å². The number of amides is 2. The lowest BCUT2D eigenvalue weighted by Gasteiger charge is -2.32. The van der Waals surface area contributed by atoms with Crippen molar-refractivity contribution in [3.05, 3.63) is 64.6 Å². The molecule has 2 fully saturated rings. The van der Waals surface area contributed by atoms with Gasteiger partial charge in [-0.3, -0.25) is 9.59 Å². The molecule has 0 N–H and O–H groups in total. The second-order valence-electron chi connectivity index (χ2n) is 9.54. The molecule has 41 heavy (non-hydrogen) atoms. The summed E-state index contributed by atoms with van der Waals surface area (Å²) in [6, 6.07) is 6.73. The highest BCUT2D eigenvalue weighted by atomic mass is 32.2. The second-order valence-corrected chi connectivity index (χ2v) is 12.4. The van der Waals surface area contributed by atoms with Crippen molar-refractivity contribution in [3.63, 3.8) is 0 Å². The number of hydrogen-bond acceptors (Lipinski definition) is 12. The van der Waals surface area contributed by atoms with E-state index in [2.05, 4.69) is 31.8 Å². The smallest absolute Gasteiger partial charge is 0.307 e. The molecule has 2 aromatic heterocycles. The third-order valence-electron chi connectivity index (χ3n) is 6.58. The van der Waals surface area contributed by atoms with Gasteiger partial charge in [-0.15, -0.1) is 0 Å². The number of carbonyl (C=O) groups is 2. The molecule has 14 heteroatoms. The first-order valence-electron chi connectivity index (χ1n) is 12.9. The third-order valence-corrected chi connectivity index (χ3v) is 8.56. The van der Waals surface area contributed by atoms with E-state index in [1.54, 1.807) is 24.3 Å². The Morgan fingerprint density at radius 2 is 1.68 bits per heavy atom. The van der Waals surface area contributed by atoms with Crippen molar-refractivity contribution in [2.75, 3.05) is 24.2 Å². The summed E-state index contributed by atoms with van der Waals surface area (Å²) in [6.45, 7) is 5.45. The highest BCUT2D eigenvalue weighted by molar-refractivity contribution is 8.19.